The molecule has 0 radical (unpaired) electrons. The van der Waals surface area contributed by atoms with E-state index in [4.69, 9.17) is 0 Å². The number of amides is 1. The molecule has 4 aromatic rings. The fraction of sp³-hybridized carbons (Fsp3) is 0.385. The Bertz CT molecular complexity index is 1450. The lowest BCUT2D eigenvalue weighted by Crippen LogP contribution is -2.41. The number of hydrogen-bond acceptors (Lipinski definition) is 5. The van der Waals surface area contributed by atoms with Crippen LogP contribution < -0.4 is 5.56 Å². The number of nitrogens with zero attached hydrogens (tertiary/aromatic N) is 5. The van der Waals surface area contributed by atoms with Crippen LogP contribution in [0.5, 0.6) is 0 Å². The third-order valence-electron chi connectivity index (χ3n) is 6.94. The first-order valence-corrected chi connectivity index (χ1v) is 12.7. The molecule has 176 valence electrons. The van der Waals surface area contributed by atoms with Gasteiger partial charge in [0.25, 0.3) is 5.56 Å². The smallest absolute Gasteiger partial charge is 0.267 e. The molecule has 1 unspecified atom stereocenters. The van der Waals surface area contributed by atoms with Gasteiger partial charge in [-0.2, -0.15) is 0 Å². The molecule has 0 aliphatic carbocycles. The fourth-order valence-corrected chi connectivity index (χ4v) is 5.58. The van der Waals surface area contributed by atoms with Crippen molar-refractivity contribution in [2.45, 2.75) is 50.9 Å². The van der Waals surface area contributed by atoms with E-state index >= 15 is 0 Å². The molecule has 2 aromatic heterocycles. The van der Waals surface area contributed by atoms with Gasteiger partial charge in [0.1, 0.15) is 0 Å². The van der Waals surface area contributed by atoms with Crippen molar-refractivity contribution in [2.24, 2.45) is 5.92 Å². The van der Waals surface area contributed by atoms with Gasteiger partial charge in [-0.25, -0.2) is 4.57 Å². The molecule has 34 heavy (non-hydrogen) atoms. The molecule has 1 amide bonds. The lowest BCUT2D eigenvalue weighted by molar-refractivity contribution is -0.131. The number of thioether (sulfide) groups is 1. The maximum absolute atomic E-state index is 13.6. The Labute approximate surface area is 202 Å². The van der Waals surface area contributed by atoms with Crippen LogP contribution in [-0.4, -0.2) is 48.3 Å². The van der Waals surface area contributed by atoms with Crippen LogP contribution in [0, 0.1) is 19.8 Å². The van der Waals surface area contributed by atoms with Crippen molar-refractivity contribution < 1.29 is 4.79 Å². The largest absolute Gasteiger partial charge is 0.342 e. The van der Waals surface area contributed by atoms with Crippen LogP contribution in [0.1, 0.15) is 37.8 Å². The lowest BCUT2D eigenvalue weighted by Gasteiger charge is -2.31. The molecule has 5 rings (SSSR count). The van der Waals surface area contributed by atoms with E-state index in [1.54, 1.807) is 4.57 Å². The number of para-hydroxylation sites is 1. The molecule has 0 saturated carbocycles. The summed E-state index contributed by atoms with van der Waals surface area (Å²) in [5.41, 5.74) is 3.51. The summed E-state index contributed by atoms with van der Waals surface area (Å²) in [6.07, 6.45) is 2.09. The zero-order chi connectivity index (χ0) is 24.0. The molecule has 0 bridgehead atoms. The van der Waals surface area contributed by atoms with E-state index in [-0.39, 0.29) is 16.7 Å². The number of likely N-dealkylation sites (tertiary alicyclic amines) is 1. The van der Waals surface area contributed by atoms with Gasteiger partial charge in [-0.05, 0) is 68.9 Å². The molecule has 7 nitrogen and oxygen atoms in total. The van der Waals surface area contributed by atoms with Crippen LogP contribution in [0.15, 0.2) is 52.4 Å². The second-order valence-corrected chi connectivity index (χ2v) is 10.6. The molecule has 1 aliphatic rings. The van der Waals surface area contributed by atoms with E-state index in [0.29, 0.717) is 22.2 Å². The minimum atomic E-state index is -0.305. The first-order valence-electron chi connectivity index (χ1n) is 11.8. The van der Waals surface area contributed by atoms with Crippen LogP contribution in [-0.2, 0) is 4.79 Å². The lowest BCUT2D eigenvalue weighted by atomic mass is 9.99. The summed E-state index contributed by atoms with van der Waals surface area (Å²) < 4.78 is 3.55. The number of piperidine rings is 1. The van der Waals surface area contributed by atoms with Crippen LogP contribution in [0.2, 0.25) is 0 Å². The monoisotopic (exact) mass is 475 g/mol. The Morgan fingerprint density at radius 1 is 1.06 bits per heavy atom. The predicted octanol–water partition coefficient (Wildman–Crippen LogP) is 4.39. The highest BCUT2D eigenvalue weighted by Gasteiger charge is 2.27. The number of carbonyl (C=O) groups excluding carboxylic acids is 1. The Kier molecular flexibility index (Phi) is 5.93. The molecule has 2 aromatic carbocycles. The molecule has 1 saturated heterocycles. The Morgan fingerprint density at radius 3 is 2.56 bits per heavy atom. The minimum Gasteiger partial charge on any atom is -0.342 e. The van der Waals surface area contributed by atoms with Crippen molar-refractivity contribution in [1.82, 2.24) is 24.1 Å². The highest BCUT2D eigenvalue weighted by atomic mass is 32.2. The highest BCUT2D eigenvalue weighted by Crippen LogP contribution is 2.29. The Balaban J connectivity index is 1.63. The topological polar surface area (TPSA) is 72.5 Å². The number of rotatable bonds is 4. The maximum Gasteiger partial charge on any atom is 0.267 e. The molecule has 1 aliphatic heterocycles. The zero-order valence-electron chi connectivity index (χ0n) is 20.0. The van der Waals surface area contributed by atoms with Gasteiger partial charge in [0.2, 0.25) is 11.7 Å². The van der Waals surface area contributed by atoms with Gasteiger partial charge in [0.15, 0.2) is 5.16 Å². The van der Waals surface area contributed by atoms with E-state index in [1.165, 1.54) is 11.8 Å². The van der Waals surface area contributed by atoms with Crippen molar-refractivity contribution in [3.05, 3.63) is 63.9 Å². The second-order valence-electron chi connectivity index (χ2n) is 9.26. The molecular formula is C26H29N5O2S. The molecule has 8 heteroatoms. The van der Waals surface area contributed by atoms with Crippen LogP contribution in [0.4, 0.5) is 0 Å². The molecule has 0 N–H and O–H groups in total. The van der Waals surface area contributed by atoms with Gasteiger partial charge in [0, 0.05) is 13.1 Å². The molecule has 3 heterocycles. The van der Waals surface area contributed by atoms with E-state index < -0.39 is 0 Å². The van der Waals surface area contributed by atoms with Gasteiger partial charge >= 0.3 is 0 Å². The zero-order valence-corrected chi connectivity index (χ0v) is 20.8. The summed E-state index contributed by atoms with van der Waals surface area (Å²) in [5, 5.41) is 9.78. The van der Waals surface area contributed by atoms with E-state index in [0.717, 1.165) is 48.3 Å². The predicted molar refractivity (Wildman–Crippen MR) is 136 cm³/mol. The van der Waals surface area contributed by atoms with E-state index in [1.807, 2.05) is 72.5 Å². The van der Waals surface area contributed by atoms with Crippen LogP contribution in [0.25, 0.3) is 22.4 Å². The number of fused-ring (bicyclic) bond motifs is 3. The first kappa shape index (κ1) is 22.7. The van der Waals surface area contributed by atoms with Gasteiger partial charge in [0.05, 0.1) is 21.8 Å². The van der Waals surface area contributed by atoms with Gasteiger partial charge in [-0.1, -0.05) is 43.0 Å². The van der Waals surface area contributed by atoms with Gasteiger partial charge < -0.3 is 4.90 Å². The highest BCUT2D eigenvalue weighted by molar-refractivity contribution is 8.00. The average molecular weight is 476 g/mol. The Hall–Kier alpha value is -3.13. The summed E-state index contributed by atoms with van der Waals surface area (Å²) in [5.74, 6) is 1.24. The van der Waals surface area contributed by atoms with Crippen molar-refractivity contribution in [1.29, 1.82) is 0 Å². The summed E-state index contributed by atoms with van der Waals surface area (Å²) >= 11 is 1.40. The first-order chi connectivity index (χ1) is 16.4. The van der Waals surface area contributed by atoms with Crippen LogP contribution in [0.3, 0.4) is 0 Å². The number of aromatic nitrogens is 4. The van der Waals surface area contributed by atoms with E-state index in [2.05, 4.69) is 17.1 Å². The maximum atomic E-state index is 13.6. The van der Waals surface area contributed by atoms with Crippen molar-refractivity contribution in [2.75, 3.05) is 13.1 Å². The van der Waals surface area contributed by atoms with E-state index in [9.17, 15) is 9.59 Å². The quantitative estimate of drug-likeness (QED) is 0.410. The van der Waals surface area contributed by atoms with Crippen molar-refractivity contribution in [3.8, 4) is 5.69 Å². The normalized spacial score (nSPS) is 15.8. The van der Waals surface area contributed by atoms with Crippen molar-refractivity contribution >= 4 is 34.3 Å². The Morgan fingerprint density at radius 2 is 1.79 bits per heavy atom. The summed E-state index contributed by atoms with van der Waals surface area (Å²) in [7, 11) is 0. The molecule has 0 spiro atoms. The molecular weight excluding hydrogens is 446 g/mol. The summed E-state index contributed by atoms with van der Waals surface area (Å²) in [6, 6.07) is 13.4. The fourth-order valence-electron chi connectivity index (χ4n) is 4.64. The standard InChI is InChI=1S/C26H29N5O2S/c1-16-12-14-29(15-13-16)23(32)19(4)34-26-28-27-25-30(21-11-7-8-17(2)18(21)3)24(33)20-9-5-6-10-22(20)31(25)26/h5-11,16,19H,12-15H2,1-4H3. The molecule has 1 fully saturated rings. The summed E-state index contributed by atoms with van der Waals surface area (Å²) in [4.78, 5) is 28.7. The third-order valence-corrected chi connectivity index (χ3v) is 7.97. The second kappa shape index (κ2) is 8.91. The molecule has 1 atom stereocenters. The number of benzene rings is 2. The third kappa shape index (κ3) is 3.79. The van der Waals surface area contributed by atoms with Crippen LogP contribution >= 0.6 is 11.8 Å². The number of carbonyl (C=O) groups is 1. The number of hydrogen-bond donors (Lipinski definition) is 0. The van der Waals surface area contributed by atoms with Gasteiger partial charge in [-0.15, -0.1) is 10.2 Å². The SMILES string of the molecule is Cc1cccc(-n2c(=O)c3ccccc3n3c(SC(C)C(=O)N4CCC(C)CC4)nnc23)c1C. The number of aryl methyl sites for hydroxylation is 1. The van der Waals surface area contributed by atoms with Crippen molar-refractivity contribution in [3.63, 3.8) is 0 Å². The average Bonchev–Trinajstić information content (AvgIpc) is 3.25. The minimum absolute atomic E-state index is 0.126. The van der Waals surface area contributed by atoms with Gasteiger partial charge in [-0.3, -0.25) is 14.0 Å². The summed E-state index contributed by atoms with van der Waals surface area (Å²) in [6.45, 7) is 9.82.